The number of unbranched alkanes of at least 4 members (excludes halogenated alkanes) is 2. The van der Waals surface area contributed by atoms with Gasteiger partial charge in [-0.1, -0.05) is 25.8 Å². The highest BCUT2D eigenvalue weighted by Gasteiger charge is 1.82. The van der Waals surface area contributed by atoms with Gasteiger partial charge in [-0.15, -0.1) is 12.2 Å². The number of allylic oxidation sites excluding steroid dienone is 1. The van der Waals surface area contributed by atoms with Crippen LogP contribution in [0.3, 0.4) is 0 Å². The summed E-state index contributed by atoms with van der Waals surface area (Å²) in [6, 6.07) is 0. The maximum Gasteiger partial charge on any atom is 0.0698 e. The normalized spacial score (nSPS) is 8.27. The molecule has 0 aliphatic carbocycles. The Bertz CT molecular complexity index is 61.1. The zero-order valence-corrected chi connectivity index (χ0v) is 7.60. The first-order chi connectivity index (χ1) is 5.33. The second kappa shape index (κ2) is 16.3. The molecule has 0 aromatic heterocycles. The van der Waals surface area contributed by atoms with Crippen LogP contribution in [0.25, 0.3) is 0 Å². The van der Waals surface area contributed by atoms with E-state index in [2.05, 4.69) is 23.9 Å². The predicted molar refractivity (Wildman–Crippen MR) is 48.7 cm³/mol. The lowest BCUT2D eigenvalue weighted by Gasteiger charge is -1.97. The number of nitrogens with one attached hydrogen (secondary N) is 1. The molecule has 3 N–H and O–H groups in total. The van der Waals surface area contributed by atoms with Crippen molar-refractivity contribution in [2.24, 2.45) is 5.84 Å². The monoisotopic (exact) mass is 160 g/mol. The summed E-state index contributed by atoms with van der Waals surface area (Å²) >= 11 is 0. The van der Waals surface area contributed by atoms with Gasteiger partial charge in [0.05, 0.1) is 6.61 Å². The van der Waals surface area contributed by atoms with Crippen molar-refractivity contribution in [3.63, 3.8) is 0 Å². The molecule has 0 rings (SSSR count). The first-order valence-electron chi connectivity index (χ1n) is 3.97. The molecule has 0 aliphatic heterocycles. The quantitative estimate of drug-likeness (QED) is 0.279. The second-order valence-corrected chi connectivity index (χ2v) is 2.08. The van der Waals surface area contributed by atoms with Crippen LogP contribution in [0.2, 0.25) is 0 Å². The molecule has 68 valence electrons. The molecule has 0 fully saturated rings. The van der Waals surface area contributed by atoms with E-state index in [0.717, 1.165) is 6.42 Å². The maximum atomic E-state index is 4.84. The smallest absolute Gasteiger partial charge is 0.0698 e. The van der Waals surface area contributed by atoms with Crippen LogP contribution >= 0.6 is 0 Å². The molecule has 0 bridgehead atoms. The van der Waals surface area contributed by atoms with Gasteiger partial charge in [0.1, 0.15) is 0 Å². The van der Waals surface area contributed by atoms with Gasteiger partial charge < -0.3 is 0 Å². The average molecular weight is 160 g/mol. The Hall–Kier alpha value is -0.380. The Morgan fingerprint density at radius 3 is 2.45 bits per heavy atom. The summed E-state index contributed by atoms with van der Waals surface area (Å²) in [6.07, 6.45) is 5.26. The molecule has 0 unspecified atom stereocenters. The van der Waals surface area contributed by atoms with Crippen LogP contribution < -0.4 is 11.4 Å². The van der Waals surface area contributed by atoms with Crippen molar-refractivity contribution in [1.82, 2.24) is 5.59 Å². The van der Waals surface area contributed by atoms with Crippen LogP contribution in [0.4, 0.5) is 0 Å². The molecule has 0 aromatic carbocycles. The van der Waals surface area contributed by atoms with E-state index < -0.39 is 0 Å². The summed E-state index contributed by atoms with van der Waals surface area (Å²) in [4.78, 5) is 4.66. The highest BCUT2D eigenvalue weighted by molar-refractivity contribution is 4.51. The van der Waals surface area contributed by atoms with Crippen LogP contribution in [-0.2, 0) is 4.84 Å². The summed E-state index contributed by atoms with van der Waals surface area (Å²) in [5, 5.41) is 0. The lowest BCUT2D eigenvalue weighted by atomic mass is 10.3. The third-order valence-corrected chi connectivity index (χ3v) is 0.933. The average Bonchev–Trinajstić information content (AvgIpc) is 2.00. The Morgan fingerprint density at radius 2 is 2.09 bits per heavy atom. The Kier molecular flexibility index (Phi) is 19.6. The van der Waals surface area contributed by atoms with Gasteiger partial charge in [-0.2, -0.15) is 0 Å². The third-order valence-electron chi connectivity index (χ3n) is 0.933. The molecule has 0 heterocycles. The van der Waals surface area contributed by atoms with Crippen LogP contribution in [0.1, 0.15) is 33.1 Å². The Morgan fingerprint density at radius 1 is 1.55 bits per heavy atom. The minimum absolute atomic E-state index is 0.713. The molecule has 0 spiro atoms. The van der Waals surface area contributed by atoms with Crippen LogP contribution in [-0.4, -0.2) is 6.61 Å². The number of hydrogen-bond acceptors (Lipinski definition) is 3. The van der Waals surface area contributed by atoms with Crippen molar-refractivity contribution >= 4 is 0 Å². The van der Waals surface area contributed by atoms with E-state index in [1.165, 1.54) is 12.8 Å². The first-order valence-corrected chi connectivity index (χ1v) is 3.97. The van der Waals surface area contributed by atoms with Crippen molar-refractivity contribution in [3.05, 3.63) is 12.7 Å². The van der Waals surface area contributed by atoms with Crippen molar-refractivity contribution in [2.75, 3.05) is 6.61 Å². The minimum Gasteiger partial charge on any atom is -0.287 e. The molecular weight excluding hydrogens is 140 g/mol. The van der Waals surface area contributed by atoms with E-state index in [4.69, 9.17) is 5.84 Å². The highest BCUT2D eigenvalue weighted by atomic mass is 16.7. The highest BCUT2D eigenvalue weighted by Crippen LogP contribution is 1.91. The molecule has 3 heteroatoms. The number of hydrogen-bond donors (Lipinski definition) is 2. The molecule has 11 heavy (non-hydrogen) atoms. The van der Waals surface area contributed by atoms with E-state index in [-0.39, 0.29) is 0 Å². The predicted octanol–water partition coefficient (Wildman–Crippen LogP) is 1.76. The van der Waals surface area contributed by atoms with Crippen molar-refractivity contribution < 1.29 is 4.84 Å². The van der Waals surface area contributed by atoms with Gasteiger partial charge in [0.25, 0.3) is 0 Å². The van der Waals surface area contributed by atoms with Crippen molar-refractivity contribution in [2.45, 2.75) is 33.1 Å². The third kappa shape index (κ3) is 26.2. The van der Waals surface area contributed by atoms with Crippen LogP contribution in [0.5, 0.6) is 0 Å². The molecule has 3 nitrogen and oxygen atoms in total. The van der Waals surface area contributed by atoms with E-state index in [9.17, 15) is 0 Å². The standard InChI is InChI=1S/C5H14N2O.C3H6/c1-2-3-4-5-8-7-6;1-3-2/h7H,2-6H2,1H3;3H,1H2,2H3. The van der Waals surface area contributed by atoms with Crippen molar-refractivity contribution in [1.29, 1.82) is 0 Å². The van der Waals surface area contributed by atoms with Crippen molar-refractivity contribution in [3.8, 4) is 0 Å². The van der Waals surface area contributed by atoms with Gasteiger partial charge in [0.15, 0.2) is 0 Å². The second-order valence-electron chi connectivity index (χ2n) is 2.08. The number of nitrogens with two attached hydrogens (primary N) is 1. The van der Waals surface area contributed by atoms with E-state index in [1.54, 1.807) is 6.08 Å². The van der Waals surface area contributed by atoms with Gasteiger partial charge in [-0.25, -0.2) is 5.84 Å². The van der Waals surface area contributed by atoms with Crippen LogP contribution in [0.15, 0.2) is 12.7 Å². The SMILES string of the molecule is C=CC.CCCCCONN. The van der Waals surface area contributed by atoms with Gasteiger partial charge in [-0.3, -0.25) is 4.84 Å². The molecule has 0 aliphatic rings. The summed E-state index contributed by atoms with van der Waals surface area (Å²) in [5.41, 5.74) is 2.13. The Labute approximate surface area is 69.5 Å². The molecule has 0 saturated carbocycles. The summed E-state index contributed by atoms with van der Waals surface area (Å²) in [7, 11) is 0. The lowest BCUT2D eigenvalue weighted by Crippen LogP contribution is -2.22. The topological polar surface area (TPSA) is 47.3 Å². The van der Waals surface area contributed by atoms with Gasteiger partial charge in [0.2, 0.25) is 0 Å². The van der Waals surface area contributed by atoms with E-state index >= 15 is 0 Å². The fraction of sp³-hybridized carbons (Fsp3) is 0.750. The minimum atomic E-state index is 0.713. The molecule has 0 saturated heterocycles. The van der Waals surface area contributed by atoms with E-state index in [1.807, 2.05) is 6.92 Å². The summed E-state index contributed by atoms with van der Waals surface area (Å²) < 4.78 is 0. The summed E-state index contributed by atoms with van der Waals surface area (Å²) in [6.45, 7) is 8.11. The fourth-order valence-corrected chi connectivity index (χ4v) is 0.483. The number of rotatable bonds is 5. The maximum absolute atomic E-state index is 4.84. The molecular formula is C8H20N2O. The van der Waals surface area contributed by atoms with Gasteiger partial charge in [0, 0.05) is 0 Å². The zero-order valence-electron chi connectivity index (χ0n) is 7.60. The lowest BCUT2D eigenvalue weighted by molar-refractivity contribution is 0.0387. The van der Waals surface area contributed by atoms with Gasteiger partial charge >= 0.3 is 0 Å². The first kappa shape index (κ1) is 13.2. The zero-order chi connectivity index (χ0) is 8.95. The Balaban J connectivity index is 0. The molecule has 0 radical (unpaired) electrons. The van der Waals surface area contributed by atoms with E-state index in [0.29, 0.717) is 6.61 Å². The molecule has 0 atom stereocenters. The largest absolute Gasteiger partial charge is 0.287 e. The molecule has 0 aromatic rings. The summed E-state index contributed by atoms with van der Waals surface area (Å²) in [5.74, 6) is 4.84. The van der Waals surface area contributed by atoms with Crippen LogP contribution in [0, 0.1) is 0 Å². The number of hydrazine groups is 1. The fourth-order valence-electron chi connectivity index (χ4n) is 0.483. The molecule has 0 amide bonds. The van der Waals surface area contributed by atoms with Gasteiger partial charge in [-0.05, 0) is 13.3 Å².